The van der Waals surface area contributed by atoms with Gasteiger partial charge in [0.05, 0.1) is 0 Å². The minimum absolute atomic E-state index is 0.00185. The molecule has 5 heteroatoms. The van der Waals surface area contributed by atoms with Crippen LogP contribution >= 0.6 is 0 Å². The molecule has 0 aliphatic carbocycles. The molecule has 3 N–H and O–H groups in total. The molecule has 1 aliphatic rings. The molecule has 114 valence electrons. The average Bonchev–Trinajstić information content (AvgIpc) is 2.46. The lowest BCUT2D eigenvalue weighted by Gasteiger charge is -2.35. The third-order valence-corrected chi connectivity index (χ3v) is 3.93. The number of nitrogens with two attached hydrogens (primary N) is 1. The molecule has 0 spiro atoms. The normalized spacial score (nSPS) is 16.1. The van der Waals surface area contributed by atoms with Gasteiger partial charge in [-0.1, -0.05) is 6.07 Å². The van der Waals surface area contributed by atoms with E-state index in [9.17, 15) is 9.90 Å². The van der Waals surface area contributed by atoms with E-state index in [1.165, 1.54) is 10.6 Å². The van der Waals surface area contributed by atoms with Crippen molar-refractivity contribution in [2.45, 2.75) is 26.4 Å². The monoisotopic (exact) mass is 298 g/mol. The molecule has 2 aromatic rings. The fourth-order valence-electron chi connectivity index (χ4n) is 2.66. The van der Waals surface area contributed by atoms with E-state index in [2.05, 4.69) is 0 Å². The van der Waals surface area contributed by atoms with E-state index >= 15 is 0 Å². The molecule has 5 nitrogen and oxygen atoms in total. The highest BCUT2D eigenvalue weighted by Gasteiger charge is 2.37. The van der Waals surface area contributed by atoms with Crippen molar-refractivity contribution < 1.29 is 9.84 Å². The van der Waals surface area contributed by atoms with Gasteiger partial charge in [0.25, 0.3) is 5.56 Å². The maximum absolute atomic E-state index is 12.2. The van der Waals surface area contributed by atoms with Gasteiger partial charge in [0.2, 0.25) is 0 Å². The van der Waals surface area contributed by atoms with E-state index in [0.29, 0.717) is 22.7 Å². The average molecular weight is 298 g/mol. The van der Waals surface area contributed by atoms with Crippen LogP contribution in [-0.4, -0.2) is 15.3 Å². The predicted octanol–water partition coefficient (Wildman–Crippen LogP) is 2.68. The molecule has 2 heterocycles. The third kappa shape index (κ3) is 1.97. The van der Waals surface area contributed by atoms with Crippen LogP contribution in [-0.2, 0) is 0 Å². The molecule has 1 aromatic carbocycles. The van der Waals surface area contributed by atoms with E-state index in [-0.39, 0.29) is 11.3 Å². The van der Waals surface area contributed by atoms with Crippen LogP contribution in [0.5, 0.6) is 5.75 Å². The number of fused-ring (bicyclic) bond motifs is 1. The summed E-state index contributed by atoms with van der Waals surface area (Å²) < 4.78 is 7.30. The Kier molecular flexibility index (Phi) is 3.02. The number of nitrogens with zero attached hydrogens (tertiary/aromatic N) is 1. The fourth-order valence-corrected chi connectivity index (χ4v) is 2.66. The number of hydrogen-bond acceptors (Lipinski definition) is 4. The number of ether oxygens (including phenoxy) is 1. The molecule has 0 saturated carbocycles. The Morgan fingerprint density at radius 2 is 1.95 bits per heavy atom. The number of aromatic nitrogens is 1. The summed E-state index contributed by atoms with van der Waals surface area (Å²) in [6, 6.07) is 8.38. The quantitative estimate of drug-likeness (QED) is 0.793. The molecule has 1 aromatic heterocycles. The standard InChI is InChI=1S/C17H18N2O3/c1-10-11(18)7-8-12-14(10)15(16(21)17(2,3)22-12)19-9-5-4-6-13(19)20/h4-9,21H,18H2,1-3H3. The molecule has 0 atom stereocenters. The topological polar surface area (TPSA) is 77.5 Å². The second kappa shape index (κ2) is 4.66. The van der Waals surface area contributed by atoms with Gasteiger partial charge in [0.15, 0.2) is 11.4 Å². The van der Waals surface area contributed by atoms with Gasteiger partial charge < -0.3 is 15.6 Å². The largest absolute Gasteiger partial charge is 0.506 e. The summed E-state index contributed by atoms with van der Waals surface area (Å²) in [6.07, 6.45) is 1.63. The van der Waals surface area contributed by atoms with E-state index in [4.69, 9.17) is 10.5 Å². The molecule has 3 rings (SSSR count). The lowest BCUT2D eigenvalue weighted by Crippen LogP contribution is -2.37. The second-order valence-corrected chi connectivity index (χ2v) is 5.87. The Labute approximate surface area is 128 Å². The Hall–Kier alpha value is -2.69. The summed E-state index contributed by atoms with van der Waals surface area (Å²) in [7, 11) is 0. The first-order chi connectivity index (χ1) is 10.3. The van der Waals surface area contributed by atoms with Crippen LogP contribution < -0.4 is 16.0 Å². The van der Waals surface area contributed by atoms with E-state index in [1.54, 1.807) is 44.3 Å². The molecular weight excluding hydrogens is 280 g/mol. The SMILES string of the molecule is Cc1c(N)ccc2c1C(n1ccccc1=O)=C(O)C(C)(C)O2. The van der Waals surface area contributed by atoms with Crippen molar-refractivity contribution in [2.75, 3.05) is 5.73 Å². The van der Waals surface area contributed by atoms with Gasteiger partial charge in [-0.3, -0.25) is 9.36 Å². The smallest absolute Gasteiger partial charge is 0.255 e. The summed E-state index contributed by atoms with van der Waals surface area (Å²) in [5.41, 5.74) is 7.24. The van der Waals surface area contributed by atoms with Crippen LogP contribution in [0.15, 0.2) is 47.1 Å². The zero-order valence-corrected chi connectivity index (χ0v) is 12.8. The molecule has 0 bridgehead atoms. The second-order valence-electron chi connectivity index (χ2n) is 5.87. The number of nitrogen functional groups attached to an aromatic ring is 1. The van der Waals surface area contributed by atoms with Crippen molar-refractivity contribution in [3.8, 4) is 5.75 Å². The first-order valence-electron chi connectivity index (χ1n) is 7.03. The van der Waals surface area contributed by atoms with Crippen molar-refractivity contribution in [2.24, 2.45) is 0 Å². The van der Waals surface area contributed by atoms with Crippen molar-refractivity contribution in [3.63, 3.8) is 0 Å². The van der Waals surface area contributed by atoms with Crippen LogP contribution in [0.1, 0.15) is 25.0 Å². The van der Waals surface area contributed by atoms with Gasteiger partial charge >= 0.3 is 0 Å². The summed E-state index contributed by atoms with van der Waals surface area (Å²) in [5, 5.41) is 10.7. The van der Waals surface area contributed by atoms with Crippen LogP contribution in [0.25, 0.3) is 5.70 Å². The predicted molar refractivity (Wildman–Crippen MR) is 85.9 cm³/mol. The lowest BCUT2D eigenvalue weighted by molar-refractivity contribution is 0.0909. The van der Waals surface area contributed by atoms with E-state index in [0.717, 1.165) is 5.56 Å². The first kappa shape index (κ1) is 14.3. The van der Waals surface area contributed by atoms with Crippen molar-refractivity contribution in [1.82, 2.24) is 4.57 Å². The maximum atomic E-state index is 12.2. The number of aliphatic hydroxyl groups is 1. The minimum atomic E-state index is -0.930. The summed E-state index contributed by atoms with van der Waals surface area (Å²) in [6.45, 7) is 5.35. The zero-order valence-electron chi connectivity index (χ0n) is 12.8. The number of benzene rings is 1. The van der Waals surface area contributed by atoms with Crippen LogP contribution in [0.2, 0.25) is 0 Å². The number of hydrogen-bond donors (Lipinski definition) is 2. The molecule has 1 aliphatic heterocycles. The highest BCUT2D eigenvalue weighted by atomic mass is 16.5. The number of rotatable bonds is 1. The molecule has 0 saturated heterocycles. The van der Waals surface area contributed by atoms with Gasteiger partial charge in [0, 0.05) is 23.5 Å². The lowest BCUT2D eigenvalue weighted by atomic mass is 9.93. The maximum Gasteiger partial charge on any atom is 0.255 e. The summed E-state index contributed by atoms with van der Waals surface area (Å²) in [4.78, 5) is 12.2. The Morgan fingerprint density at radius 1 is 1.23 bits per heavy atom. The molecule has 0 fully saturated rings. The Morgan fingerprint density at radius 3 is 2.64 bits per heavy atom. The number of aliphatic hydroxyl groups excluding tert-OH is 1. The third-order valence-electron chi connectivity index (χ3n) is 3.93. The van der Waals surface area contributed by atoms with Crippen molar-refractivity contribution >= 4 is 11.4 Å². The highest BCUT2D eigenvalue weighted by molar-refractivity contribution is 5.80. The molecule has 0 radical (unpaired) electrons. The van der Waals surface area contributed by atoms with Gasteiger partial charge in [-0.05, 0) is 44.5 Å². The fraction of sp³-hybridized carbons (Fsp3) is 0.235. The first-order valence-corrected chi connectivity index (χ1v) is 7.03. The molecule has 22 heavy (non-hydrogen) atoms. The van der Waals surface area contributed by atoms with Gasteiger partial charge in [-0.15, -0.1) is 0 Å². The Balaban J connectivity index is 2.43. The highest BCUT2D eigenvalue weighted by Crippen LogP contribution is 2.42. The molecule has 0 amide bonds. The van der Waals surface area contributed by atoms with Crippen LogP contribution in [0.3, 0.4) is 0 Å². The van der Waals surface area contributed by atoms with Gasteiger partial charge in [0.1, 0.15) is 11.4 Å². The number of anilines is 1. The van der Waals surface area contributed by atoms with Gasteiger partial charge in [-0.2, -0.15) is 0 Å². The minimum Gasteiger partial charge on any atom is -0.506 e. The summed E-state index contributed by atoms with van der Waals surface area (Å²) in [5.74, 6) is 0.599. The Bertz CT molecular complexity index is 847. The van der Waals surface area contributed by atoms with E-state index < -0.39 is 5.60 Å². The summed E-state index contributed by atoms with van der Waals surface area (Å²) >= 11 is 0. The van der Waals surface area contributed by atoms with Crippen molar-refractivity contribution in [3.05, 3.63) is 63.8 Å². The van der Waals surface area contributed by atoms with E-state index in [1.807, 2.05) is 6.92 Å². The zero-order chi connectivity index (χ0) is 16.1. The van der Waals surface area contributed by atoms with Crippen molar-refractivity contribution in [1.29, 1.82) is 0 Å². The van der Waals surface area contributed by atoms with Crippen LogP contribution in [0.4, 0.5) is 5.69 Å². The molecular formula is C17H18N2O3. The van der Waals surface area contributed by atoms with Crippen LogP contribution in [0, 0.1) is 6.92 Å². The molecule has 0 unspecified atom stereocenters. The number of pyridine rings is 1. The van der Waals surface area contributed by atoms with Gasteiger partial charge in [-0.25, -0.2) is 0 Å².